The van der Waals surface area contributed by atoms with Crippen LogP contribution in [0, 0.1) is 6.92 Å². The van der Waals surface area contributed by atoms with E-state index in [0.717, 1.165) is 0 Å². The van der Waals surface area contributed by atoms with Crippen LogP contribution in [-0.4, -0.2) is 29.0 Å². The smallest absolute Gasteiger partial charge is 0.307 e. The topological polar surface area (TPSA) is 29.9 Å². The Morgan fingerprint density at radius 1 is 1.56 bits per heavy atom. The number of alkyl halides is 3. The first-order chi connectivity index (χ1) is 7.29. The van der Waals surface area contributed by atoms with Gasteiger partial charge < -0.3 is 5.32 Å². The number of aryl methyl sites for hydroxylation is 1. The summed E-state index contributed by atoms with van der Waals surface area (Å²) < 4.78 is 37.2. The highest BCUT2D eigenvalue weighted by Crippen LogP contribution is 2.16. The Morgan fingerprint density at radius 2 is 2.19 bits per heavy atom. The Hall–Kier alpha value is -0.750. The van der Waals surface area contributed by atoms with Crippen molar-refractivity contribution in [2.45, 2.75) is 26.1 Å². The van der Waals surface area contributed by atoms with E-state index in [9.17, 15) is 13.2 Å². The Balaban J connectivity index is 2.44. The van der Waals surface area contributed by atoms with Gasteiger partial charge in [-0.25, -0.2) is 0 Å². The molecule has 3 nitrogen and oxygen atoms in total. The number of rotatable bonds is 4. The van der Waals surface area contributed by atoms with Crippen molar-refractivity contribution in [3.05, 3.63) is 16.9 Å². The molecule has 0 aromatic carbocycles. The molecule has 0 spiro atoms. The fourth-order valence-corrected chi connectivity index (χ4v) is 1.34. The third-order valence-electron chi connectivity index (χ3n) is 2.07. The fraction of sp³-hybridized carbons (Fsp3) is 0.667. The van der Waals surface area contributed by atoms with Crippen molar-refractivity contribution in [2.24, 2.45) is 0 Å². The van der Waals surface area contributed by atoms with Crippen molar-refractivity contribution in [1.29, 1.82) is 0 Å². The maximum atomic E-state index is 11.9. The van der Waals surface area contributed by atoms with Gasteiger partial charge in [0, 0.05) is 12.7 Å². The molecule has 0 radical (unpaired) electrons. The van der Waals surface area contributed by atoms with E-state index in [1.54, 1.807) is 24.7 Å². The Labute approximate surface area is 96.6 Å². The summed E-state index contributed by atoms with van der Waals surface area (Å²) in [6, 6.07) is -0.173. The van der Waals surface area contributed by atoms with Gasteiger partial charge in [-0.15, -0.1) is 0 Å². The zero-order valence-corrected chi connectivity index (χ0v) is 9.73. The van der Waals surface area contributed by atoms with Crippen molar-refractivity contribution < 1.29 is 13.2 Å². The summed E-state index contributed by atoms with van der Waals surface area (Å²) in [4.78, 5) is 0. The average molecular weight is 256 g/mol. The molecule has 0 fully saturated rings. The quantitative estimate of drug-likeness (QED) is 0.896. The average Bonchev–Trinajstić information content (AvgIpc) is 2.45. The van der Waals surface area contributed by atoms with Gasteiger partial charge in [0.15, 0.2) is 0 Å². The van der Waals surface area contributed by atoms with Crippen LogP contribution < -0.4 is 5.32 Å². The molecule has 1 atom stereocenters. The predicted molar refractivity (Wildman–Crippen MR) is 55.6 cm³/mol. The number of aromatic nitrogens is 2. The van der Waals surface area contributed by atoms with Crippen LogP contribution in [0.2, 0.25) is 5.02 Å². The molecule has 1 aromatic heterocycles. The zero-order chi connectivity index (χ0) is 12.3. The summed E-state index contributed by atoms with van der Waals surface area (Å²) in [6.07, 6.45) is -2.58. The summed E-state index contributed by atoms with van der Waals surface area (Å²) >= 11 is 5.80. The Bertz CT molecular complexity index is 329. The SMILES string of the molecule is Cc1nn(C(C)CNCC(F)(F)F)cc1Cl. The van der Waals surface area contributed by atoms with E-state index < -0.39 is 12.7 Å². The van der Waals surface area contributed by atoms with Crippen LogP contribution >= 0.6 is 11.6 Å². The predicted octanol–water partition coefficient (Wildman–Crippen LogP) is 2.56. The van der Waals surface area contributed by atoms with Crippen molar-refractivity contribution in [3.63, 3.8) is 0 Å². The first-order valence-corrected chi connectivity index (χ1v) is 5.16. The minimum absolute atomic E-state index is 0.173. The molecule has 0 aliphatic carbocycles. The summed E-state index contributed by atoms with van der Waals surface area (Å²) in [5, 5.41) is 6.93. The highest BCUT2D eigenvalue weighted by atomic mass is 35.5. The van der Waals surface area contributed by atoms with Crippen molar-refractivity contribution in [2.75, 3.05) is 13.1 Å². The molecule has 1 rings (SSSR count). The maximum absolute atomic E-state index is 11.9. The Morgan fingerprint density at radius 3 is 2.62 bits per heavy atom. The van der Waals surface area contributed by atoms with E-state index in [0.29, 0.717) is 10.7 Å². The first kappa shape index (κ1) is 13.3. The molecule has 0 bridgehead atoms. The van der Waals surface area contributed by atoms with Gasteiger partial charge in [-0.05, 0) is 13.8 Å². The molecule has 1 N–H and O–H groups in total. The van der Waals surface area contributed by atoms with Crippen LogP contribution in [0.3, 0.4) is 0 Å². The lowest BCUT2D eigenvalue weighted by atomic mass is 10.3. The lowest BCUT2D eigenvalue weighted by molar-refractivity contribution is -0.125. The van der Waals surface area contributed by atoms with Crippen LogP contribution in [0.15, 0.2) is 6.20 Å². The molecule has 0 saturated carbocycles. The van der Waals surface area contributed by atoms with Crippen LogP contribution in [0.4, 0.5) is 13.2 Å². The van der Waals surface area contributed by atoms with Crippen LogP contribution in [0.25, 0.3) is 0 Å². The molecular weight excluding hydrogens is 243 g/mol. The third kappa shape index (κ3) is 4.02. The lowest BCUT2D eigenvalue weighted by Crippen LogP contribution is -2.32. The zero-order valence-electron chi connectivity index (χ0n) is 8.98. The van der Waals surface area contributed by atoms with Crippen molar-refractivity contribution in [1.82, 2.24) is 15.1 Å². The highest BCUT2D eigenvalue weighted by Gasteiger charge is 2.26. The molecule has 0 aliphatic heterocycles. The largest absolute Gasteiger partial charge is 0.401 e. The molecular formula is C9H13ClF3N3. The number of nitrogens with one attached hydrogen (secondary N) is 1. The van der Waals surface area contributed by atoms with Gasteiger partial charge in [0.05, 0.1) is 23.3 Å². The van der Waals surface area contributed by atoms with Gasteiger partial charge in [0.2, 0.25) is 0 Å². The second-order valence-corrected chi connectivity index (χ2v) is 4.04. The lowest BCUT2D eigenvalue weighted by Gasteiger charge is -2.14. The molecule has 0 aliphatic rings. The second kappa shape index (κ2) is 5.05. The summed E-state index contributed by atoms with van der Waals surface area (Å²) in [5.41, 5.74) is 0.671. The van der Waals surface area contributed by atoms with Crippen molar-refractivity contribution in [3.8, 4) is 0 Å². The van der Waals surface area contributed by atoms with E-state index in [1.165, 1.54) is 0 Å². The van der Waals surface area contributed by atoms with Gasteiger partial charge in [0.1, 0.15) is 0 Å². The summed E-state index contributed by atoms with van der Waals surface area (Å²) in [6.45, 7) is 2.71. The Kier molecular flexibility index (Phi) is 4.21. The number of hydrogen-bond acceptors (Lipinski definition) is 2. The third-order valence-corrected chi connectivity index (χ3v) is 2.44. The first-order valence-electron chi connectivity index (χ1n) is 4.78. The monoisotopic (exact) mass is 255 g/mol. The van der Waals surface area contributed by atoms with E-state index >= 15 is 0 Å². The number of hydrogen-bond donors (Lipinski definition) is 1. The van der Waals surface area contributed by atoms with E-state index in [4.69, 9.17) is 11.6 Å². The van der Waals surface area contributed by atoms with Gasteiger partial charge in [-0.1, -0.05) is 11.6 Å². The highest BCUT2D eigenvalue weighted by molar-refractivity contribution is 6.31. The molecule has 0 saturated heterocycles. The van der Waals surface area contributed by atoms with Gasteiger partial charge in [-0.2, -0.15) is 18.3 Å². The van der Waals surface area contributed by atoms with E-state index in [2.05, 4.69) is 10.4 Å². The number of nitrogens with zero attached hydrogens (tertiary/aromatic N) is 2. The molecule has 7 heteroatoms. The van der Waals surface area contributed by atoms with Crippen molar-refractivity contribution >= 4 is 11.6 Å². The number of halogens is 4. The summed E-state index contributed by atoms with van der Waals surface area (Å²) in [7, 11) is 0. The van der Waals surface area contributed by atoms with E-state index in [1.807, 2.05) is 0 Å². The van der Waals surface area contributed by atoms with Crippen LogP contribution in [0.5, 0.6) is 0 Å². The van der Waals surface area contributed by atoms with Crippen LogP contribution in [0.1, 0.15) is 18.7 Å². The van der Waals surface area contributed by atoms with Gasteiger partial charge >= 0.3 is 6.18 Å². The molecule has 0 amide bonds. The molecule has 16 heavy (non-hydrogen) atoms. The second-order valence-electron chi connectivity index (χ2n) is 3.64. The van der Waals surface area contributed by atoms with E-state index in [-0.39, 0.29) is 12.6 Å². The normalized spacial score (nSPS) is 14.1. The van der Waals surface area contributed by atoms with Gasteiger partial charge in [0.25, 0.3) is 0 Å². The molecule has 92 valence electrons. The maximum Gasteiger partial charge on any atom is 0.401 e. The molecule has 1 aromatic rings. The minimum Gasteiger partial charge on any atom is -0.307 e. The van der Waals surface area contributed by atoms with Gasteiger partial charge in [-0.3, -0.25) is 4.68 Å². The van der Waals surface area contributed by atoms with Crippen LogP contribution in [-0.2, 0) is 0 Å². The fourth-order valence-electron chi connectivity index (χ4n) is 1.20. The minimum atomic E-state index is -4.18. The summed E-state index contributed by atoms with van der Waals surface area (Å²) in [5.74, 6) is 0. The molecule has 1 heterocycles. The molecule has 1 unspecified atom stereocenters. The standard InChI is InChI=1S/C9H13ClF3N3/c1-6(3-14-5-9(11,12)13)16-4-8(10)7(2)15-16/h4,6,14H,3,5H2,1-2H3.